The van der Waals surface area contributed by atoms with Gasteiger partial charge < -0.3 is 45.2 Å². The Morgan fingerprint density at radius 3 is 2.40 bits per heavy atom. The molecule has 14 atom stereocenters. The normalized spacial score (nSPS) is 48.1. The molecule has 0 aromatic rings. The Kier molecular flexibility index (Phi) is 9.08. The molecule has 0 aromatic carbocycles. The number of hydrogen-bond acceptors (Lipinski definition) is 10. The topological polar surface area (TPSA) is 177 Å². The lowest BCUT2D eigenvalue weighted by molar-refractivity contribution is -0.324. The van der Waals surface area contributed by atoms with Crippen molar-refractivity contribution in [3.8, 4) is 0 Å². The standard InChI is InChI=1S/C33H54O10/c1-17(23(36)9-10-30(2,3)43-29-28(40)27(39)26(38)25(16-34)42-29)19-8-13-33(41)21-15-24(37)22-14-18(35)6-11-31(22,4)20(21)7-12-32(19,33)5/h15,17-20,22-23,25-29,34-36,38-41H,6-14,16H2,1-5H3. The van der Waals surface area contributed by atoms with Crippen molar-refractivity contribution in [2.24, 2.45) is 34.5 Å². The molecule has 7 N–H and O–H groups in total. The lowest BCUT2D eigenvalue weighted by atomic mass is 9.46. The monoisotopic (exact) mass is 610 g/mol. The van der Waals surface area contributed by atoms with Crippen molar-refractivity contribution in [3.05, 3.63) is 11.6 Å². The molecule has 0 bridgehead atoms. The molecule has 10 nitrogen and oxygen atoms in total. The Morgan fingerprint density at radius 1 is 1.02 bits per heavy atom. The quantitative estimate of drug-likeness (QED) is 0.214. The number of rotatable bonds is 8. The van der Waals surface area contributed by atoms with E-state index in [1.807, 2.05) is 6.92 Å². The van der Waals surface area contributed by atoms with Crippen LogP contribution in [-0.2, 0) is 14.3 Å². The zero-order valence-electron chi connectivity index (χ0n) is 26.4. The second kappa shape index (κ2) is 11.7. The number of carbonyl (C=O) groups is 1. The third-order valence-corrected chi connectivity index (χ3v) is 12.7. The highest BCUT2D eigenvalue weighted by Gasteiger charge is 2.66. The molecular weight excluding hydrogens is 556 g/mol. The summed E-state index contributed by atoms with van der Waals surface area (Å²) < 4.78 is 11.5. The van der Waals surface area contributed by atoms with Crippen LogP contribution in [0.3, 0.4) is 0 Å². The van der Waals surface area contributed by atoms with Gasteiger partial charge in [-0.05, 0) is 106 Å². The van der Waals surface area contributed by atoms with E-state index < -0.39 is 66.1 Å². The molecule has 0 spiro atoms. The van der Waals surface area contributed by atoms with Gasteiger partial charge in [-0.3, -0.25) is 4.79 Å². The van der Waals surface area contributed by atoms with Crippen LogP contribution in [-0.4, -0.2) is 102 Å². The Balaban J connectivity index is 1.26. The summed E-state index contributed by atoms with van der Waals surface area (Å²) in [6, 6.07) is 0. The predicted molar refractivity (Wildman–Crippen MR) is 156 cm³/mol. The van der Waals surface area contributed by atoms with E-state index in [-0.39, 0.29) is 34.9 Å². The van der Waals surface area contributed by atoms with E-state index in [1.165, 1.54) is 0 Å². The lowest BCUT2D eigenvalue weighted by Crippen LogP contribution is -2.60. The van der Waals surface area contributed by atoms with Crippen LogP contribution in [0.5, 0.6) is 0 Å². The predicted octanol–water partition coefficient (Wildman–Crippen LogP) is 1.59. The summed E-state index contributed by atoms with van der Waals surface area (Å²) in [5, 5.41) is 74.2. The van der Waals surface area contributed by atoms with Crippen LogP contribution in [0.4, 0.5) is 0 Å². The summed E-state index contributed by atoms with van der Waals surface area (Å²) in [6.07, 6.45) is -0.486. The van der Waals surface area contributed by atoms with Gasteiger partial charge in [-0.25, -0.2) is 0 Å². The van der Waals surface area contributed by atoms with E-state index in [4.69, 9.17) is 9.47 Å². The second-order valence-electron chi connectivity index (χ2n) is 15.5. The highest BCUT2D eigenvalue weighted by molar-refractivity contribution is 5.95. The summed E-state index contributed by atoms with van der Waals surface area (Å²) >= 11 is 0. The van der Waals surface area contributed by atoms with Crippen LogP contribution < -0.4 is 0 Å². The minimum atomic E-state index is -1.53. The summed E-state index contributed by atoms with van der Waals surface area (Å²) in [4.78, 5) is 13.4. The lowest BCUT2D eigenvalue weighted by Gasteiger charge is -2.59. The highest BCUT2D eigenvalue weighted by Crippen LogP contribution is 2.68. The maximum absolute atomic E-state index is 13.4. The van der Waals surface area contributed by atoms with Gasteiger partial charge in [-0.2, -0.15) is 0 Å². The fourth-order valence-electron chi connectivity index (χ4n) is 9.77. The summed E-state index contributed by atoms with van der Waals surface area (Å²) in [6.45, 7) is 9.40. The molecule has 10 heteroatoms. The molecule has 0 aromatic heterocycles. The van der Waals surface area contributed by atoms with Gasteiger partial charge in [0.1, 0.15) is 24.4 Å². The van der Waals surface area contributed by atoms with E-state index in [2.05, 4.69) is 13.8 Å². The molecule has 0 radical (unpaired) electrons. The molecule has 1 aliphatic heterocycles. The molecule has 5 rings (SSSR count). The zero-order chi connectivity index (χ0) is 31.7. The molecule has 3 saturated carbocycles. The minimum Gasteiger partial charge on any atom is -0.394 e. The first-order valence-electron chi connectivity index (χ1n) is 16.3. The third-order valence-electron chi connectivity index (χ3n) is 12.7. The minimum absolute atomic E-state index is 0.0309. The molecule has 246 valence electrons. The first kappa shape index (κ1) is 33.4. The first-order valence-corrected chi connectivity index (χ1v) is 16.3. The van der Waals surface area contributed by atoms with Crippen molar-refractivity contribution in [3.63, 3.8) is 0 Å². The maximum Gasteiger partial charge on any atom is 0.187 e. The largest absolute Gasteiger partial charge is 0.394 e. The van der Waals surface area contributed by atoms with E-state index in [9.17, 15) is 40.5 Å². The van der Waals surface area contributed by atoms with Crippen molar-refractivity contribution < 1.29 is 50.0 Å². The first-order chi connectivity index (χ1) is 20.0. The Labute approximate surface area is 255 Å². The number of carbonyl (C=O) groups excluding carboxylic acids is 1. The molecule has 5 aliphatic rings. The molecule has 43 heavy (non-hydrogen) atoms. The Morgan fingerprint density at radius 2 is 1.72 bits per heavy atom. The number of allylic oxidation sites excluding steroid dienone is 1. The van der Waals surface area contributed by atoms with Crippen LogP contribution in [0.1, 0.15) is 92.4 Å². The molecular formula is C33H54O10. The average molecular weight is 611 g/mol. The zero-order valence-corrected chi connectivity index (χ0v) is 26.4. The van der Waals surface area contributed by atoms with Gasteiger partial charge in [0.15, 0.2) is 12.1 Å². The van der Waals surface area contributed by atoms with Crippen LogP contribution in [0.15, 0.2) is 11.6 Å². The number of fused-ring (bicyclic) bond motifs is 5. The Hall–Kier alpha value is -0.950. The van der Waals surface area contributed by atoms with Gasteiger partial charge in [0, 0.05) is 11.3 Å². The van der Waals surface area contributed by atoms with Crippen molar-refractivity contribution >= 4 is 5.78 Å². The van der Waals surface area contributed by atoms with E-state index in [0.29, 0.717) is 32.1 Å². The van der Waals surface area contributed by atoms with Gasteiger partial charge in [-0.15, -0.1) is 0 Å². The van der Waals surface area contributed by atoms with Gasteiger partial charge in [0.05, 0.1) is 30.0 Å². The van der Waals surface area contributed by atoms with Gasteiger partial charge >= 0.3 is 0 Å². The number of ether oxygens (including phenoxy) is 2. The Bertz CT molecular complexity index is 1080. The van der Waals surface area contributed by atoms with Gasteiger partial charge in [0.2, 0.25) is 0 Å². The molecule has 4 aliphatic carbocycles. The van der Waals surface area contributed by atoms with E-state index in [0.717, 1.165) is 31.3 Å². The smallest absolute Gasteiger partial charge is 0.187 e. The van der Waals surface area contributed by atoms with Crippen molar-refractivity contribution in [2.45, 2.75) is 147 Å². The highest BCUT2D eigenvalue weighted by atomic mass is 16.7. The number of aliphatic hydroxyl groups is 7. The number of hydrogen-bond donors (Lipinski definition) is 7. The van der Waals surface area contributed by atoms with Gasteiger partial charge in [0.25, 0.3) is 0 Å². The number of aliphatic hydroxyl groups excluding tert-OH is 6. The third kappa shape index (κ3) is 5.46. The fourth-order valence-corrected chi connectivity index (χ4v) is 9.77. The van der Waals surface area contributed by atoms with Crippen LogP contribution in [0, 0.1) is 34.5 Å². The van der Waals surface area contributed by atoms with Gasteiger partial charge in [-0.1, -0.05) is 20.8 Å². The molecule has 1 saturated heterocycles. The molecule has 14 unspecified atom stereocenters. The summed E-state index contributed by atoms with van der Waals surface area (Å²) in [5.74, 6) is -0.155. The van der Waals surface area contributed by atoms with Crippen LogP contribution >= 0.6 is 0 Å². The number of ketones is 1. The van der Waals surface area contributed by atoms with E-state index >= 15 is 0 Å². The summed E-state index contributed by atoms with van der Waals surface area (Å²) in [7, 11) is 0. The van der Waals surface area contributed by atoms with Crippen LogP contribution in [0.2, 0.25) is 0 Å². The average Bonchev–Trinajstić information content (AvgIpc) is 3.24. The van der Waals surface area contributed by atoms with Crippen molar-refractivity contribution in [2.75, 3.05) is 6.61 Å². The second-order valence-corrected chi connectivity index (χ2v) is 15.5. The molecule has 4 fully saturated rings. The summed E-state index contributed by atoms with van der Waals surface area (Å²) in [5.41, 5.74) is -1.85. The van der Waals surface area contributed by atoms with Crippen molar-refractivity contribution in [1.82, 2.24) is 0 Å². The fraction of sp³-hybridized carbons (Fsp3) is 0.909. The SMILES string of the molecule is CC(C(O)CCC(C)(C)OC1OC(CO)C(O)C(O)C1O)C1CCC2(O)C3=CC(=O)C4CC(O)CCC4(C)C3CCC12C. The molecule has 0 amide bonds. The maximum atomic E-state index is 13.4. The van der Waals surface area contributed by atoms with E-state index in [1.54, 1.807) is 19.9 Å². The van der Waals surface area contributed by atoms with Crippen LogP contribution in [0.25, 0.3) is 0 Å². The molecule has 1 heterocycles. The van der Waals surface area contributed by atoms with Crippen molar-refractivity contribution in [1.29, 1.82) is 0 Å².